The second-order valence-corrected chi connectivity index (χ2v) is 4.44. The summed E-state index contributed by atoms with van der Waals surface area (Å²) < 4.78 is 5.10. The number of nitro groups is 3. The van der Waals surface area contributed by atoms with Crippen molar-refractivity contribution in [3.8, 4) is 11.6 Å². The molecular weight excluding hydrogens is 354 g/mol. The molecule has 138 valence electrons. The number of nitrogens with zero attached hydrogens (tertiary/aromatic N) is 4. The van der Waals surface area contributed by atoms with Gasteiger partial charge in [-0.15, -0.1) is 0 Å². The van der Waals surface area contributed by atoms with Gasteiger partial charge in [-0.05, 0) is 13.0 Å². The number of hydrogen-bond acceptors (Lipinski definition) is 10. The average molecular weight is 367 g/mol. The minimum atomic E-state index is -1.21. The molecule has 0 fully saturated rings. The molecule has 0 spiro atoms. The zero-order valence-electron chi connectivity index (χ0n) is 13.3. The first kappa shape index (κ1) is 20.0. The summed E-state index contributed by atoms with van der Waals surface area (Å²) in [6.07, 6.45) is 0. The van der Waals surface area contributed by atoms with Crippen LogP contribution in [0.25, 0.3) is 0 Å². The number of phenolic OH excluding ortho intramolecular Hbond substituents is 1. The Kier molecular flexibility index (Phi) is 6.71. The number of benzene rings is 1. The Bertz CT molecular complexity index is 806. The molecule has 13 nitrogen and oxygen atoms in total. The predicted octanol–water partition coefficient (Wildman–Crippen LogP) is 2.18. The van der Waals surface area contributed by atoms with Crippen LogP contribution < -0.4 is 10.5 Å². The molecule has 1 heterocycles. The van der Waals surface area contributed by atoms with Gasteiger partial charge in [-0.2, -0.15) is 4.98 Å². The molecule has 0 aliphatic heterocycles. The second kappa shape index (κ2) is 8.72. The van der Waals surface area contributed by atoms with Crippen molar-refractivity contribution < 1.29 is 24.6 Å². The molecule has 0 aliphatic carbocycles. The van der Waals surface area contributed by atoms with E-state index < -0.39 is 37.6 Å². The summed E-state index contributed by atoms with van der Waals surface area (Å²) in [6, 6.07) is 6.21. The highest BCUT2D eigenvalue weighted by Gasteiger charge is 2.30. The minimum Gasteiger partial charge on any atom is -0.497 e. The van der Waals surface area contributed by atoms with E-state index in [-0.39, 0.29) is 0 Å². The highest BCUT2D eigenvalue weighted by atomic mass is 16.6. The van der Waals surface area contributed by atoms with E-state index >= 15 is 0 Å². The molecule has 13 heteroatoms. The van der Waals surface area contributed by atoms with E-state index in [9.17, 15) is 30.3 Å². The van der Waals surface area contributed by atoms with Crippen molar-refractivity contribution in [2.45, 2.75) is 6.92 Å². The zero-order valence-corrected chi connectivity index (χ0v) is 13.3. The average Bonchev–Trinajstić information content (AvgIpc) is 2.55. The summed E-state index contributed by atoms with van der Waals surface area (Å²) >= 11 is 0. The fourth-order valence-corrected chi connectivity index (χ4v) is 1.63. The summed E-state index contributed by atoms with van der Waals surface area (Å²) in [5.74, 6) is -0.131. The molecule has 1 aromatic heterocycles. The predicted molar refractivity (Wildman–Crippen MR) is 87.9 cm³/mol. The fraction of sp³-hybridized carbons (Fsp3) is 0.154. The summed E-state index contributed by atoms with van der Waals surface area (Å²) in [7, 11) is 0. The topological polar surface area (TPSA) is 198 Å². The summed E-state index contributed by atoms with van der Waals surface area (Å²) in [5, 5.41) is 40.2. The molecule has 0 saturated heterocycles. The van der Waals surface area contributed by atoms with Crippen LogP contribution in [0, 0.1) is 30.3 Å². The van der Waals surface area contributed by atoms with Gasteiger partial charge in [-0.3, -0.25) is 30.3 Å². The van der Waals surface area contributed by atoms with E-state index in [1.54, 1.807) is 12.1 Å². The molecule has 26 heavy (non-hydrogen) atoms. The number of non-ortho nitro benzene ring substituents is 1. The van der Waals surface area contributed by atoms with E-state index in [1.165, 1.54) is 0 Å². The molecule has 0 amide bonds. The van der Waals surface area contributed by atoms with Gasteiger partial charge in [0.1, 0.15) is 5.82 Å². The molecule has 0 aliphatic rings. The van der Waals surface area contributed by atoms with Crippen LogP contribution in [0.2, 0.25) is 0 Å². The van der Waals surface area contributed by atoms with Crippen LogP contribution in [-0.2, 0) is 0 Å². The monoisotopic (exact) mass is 367 g/mol. The molecule has 0 saturated carbocycles. The molecule has 0 bridgehead atoms. The lowest BCUT2D eigenvalue weighted by atomic mass is 10.2. The van der Waals surface area contributed by atoms with Gasteiger partial charge < -0.3 is 15.6 Å². The first-order chi connectivity index (χ1) is 12.2. The van der Waals surface area contributed by atoms with E-state index in [0.717, 1.165) is 0 Å². The first-order valence-corrected chi connectivity index (χ1v) is 6.82. The van der Waals surface area contributed by atoms with Crippen LogP contribution in [0.3, 0.4) is 0 Å². The lowest BCUT2D eigenvalue weighted by Gasteiger charge is -2.00. The van der Waals surface area contributed by atoms with Gasteiger partial charge >= 0.3 is 11.4 Å². The number of nitrogen functional groups attached to an aromatic ring is 1. The molecule has 2 rings (SSSR count). The van der Waals surface area contributed by atoms with Crippen molar-refractivity contribution >= 4 is 22.9 Å². The van der Waals surface area contributed by atoms with Gasteiger partial charge in [-0.1, -0.05) is 6.07 Å². The molecule has 3 N–H and O–H groups in total. The Morgan fingerprint density at radius 3 is 2.00 bits per heavy atom. The van der Waals surface area contributed by atoms with Crippen molar-refractivity contribution in [3.63, 3.8) is 0 Å². The minimum absolute atomic E-state index is 0.447. The summed E-state index contributed by atoms with van der Waals surface area (Å²) in [6.45, 7) is 2.53. The zero-order chi connectivity index (χ0) is 19.9. The van der Waals surface area contributed by atoms with Crippen LogP contribution in [0.15, 0.2) is 30.3 Å². The van der Waals surface area contributed by atoms with E-state index in [2.05, 4.69) is 4.98 Å². The Labute approximate surface area is 145 Å². The normalized spacial score (nSPS) is 9.58. The highest BCUT2D eigenvalue weighted by molar-refractivity contribution is 5.64. The van der Waals surface area contributed by atoms with Crippen LogP contribution in [-0.4, -0.2) is 31.5 Å². The highest BCUT2D eigenvalue weighted by Crippen LogP contribution is 2.38. The molecule has 1 aromatic carbocycles. The fourth-order valence-electron chi connectivity index (χ4n) is 1.63. The Morgan fingerprint density at radius 2 is 1.62 bits per heavy atom. The molecule has 0 radical (unpaired) electrons. The number of ether oxygens (including phenoxy) is 1. The number of hydrogen-bond donors (Lipinski definition) is 2. The van der Waals surface area contributed by atoms with Crippen molar-refractivity contribution in [2.75, 3.05) is 12.3 Å². The maximum atomic E-state index is 10.4. The molecule has 2 aromatic rings. The summed E-state index contributed by atoms with van der Waals surface area (Å²) in [4.78, 5) is 31.7. The van der Waals surface area contributed by atoms with Crippen LogP contribution in [0.5, 0.6) is 11.6 Å². The lowest BCUT2D eigenvalue weighted by Crippen LogP contribution is -1.97. The number of nitrogens with two attached hydrogens (primary N) is 1. The van der Waals surface area contributed by atoms with Gasteiger partial charge in [0.15, 0.2) is 0 Å². The van der Waals surface area contributed by atoms with Gasteiger partial charge in [0.25, 0.3) is 11.4 Å². The van der Waals surface area contributed by atoms with Crippen molar-refractivity contribution in [3.05, 3.63) is 60.7 Å². The van der Waals surface area contributed by atoms with E-state index in [1.807, 2.05) is 13.0 Å². The number of phenols is 1. The quantitative estimate of drug-likeness (QED) is 0.583. The Morgan fingerprint density at radius 1 is 1.08 bits per heavy atom. The number of aromatic hydroxyl groups is 1. The smallest absolute Gasteiger partial charge is 0.324 e. The molecule has 0 atom stereocenters. The third-order valence-corrected chi connectivity index (χ3v) is 2.70. The largest absolute Gasteiger partial charge is 0.497 e. The number of anilines is 1. The first-order valence-electron chi connectivity index (χ1n) is 6.82. The van der Waals surface area contributed by atoms with Crippen molar-refractivity contribution in [2.24, 2.45) is 0 Å². The number of pyridine rings is 1. The molecule has 0 unspecified atom stereocenters. The van der Waals surface area contributed by atoms with E-state index in [4.69, 9.17) is 15.6 Å². The molecular formula is C13H13N5O8. The third kappa shape index (κ3) is 5.26. The van der Waals surface area contributed by atoms with E-state index in [0.29, 0.717) is 30.4 Å². The third-order valence-electron chi connectivity index (χ3n) is 2.70. The maximum Gasteiger partial charge on any atom is 0.324 e. The standard InChI is InChI=1S/C7H10N2O.C6H3N3O7/c1-2-10-7-5-3-4-6(8)9-7;10-6-4(8(13)14)1-3(7(11)12)2-5(6)9(15)16/h3-5H,2H2,1H3,(H2,8,9);1-2,10H. The van der Waals surface area contributed by atoms with Gasteiger partial charge in [0.2, 0.25) is 5.88 Å². The number of nitro benzene ring substituents is 3. The number of rotatable bonds is 5. The maximum absolute atomic E-state index is 10.4. The Hall–Kier alpha value is -4.03. The van der Waals surface area contributed by atoms with Crippen molar-refractivity contribution in [1.82, 2.24) is 4.98 Å². The second-order valence-electron chi connectivity index (χ2n) is 4.44. The van der Waals surface area contributed by atoms with Gasteiger partial charge in [0.05, 0.1) is 33.5 Å². The number of aromatic nitrogens is 1. The Balaban J connectivity index is 0.000000289. The summed E-state index contributed by atoms with van der Waals surface area (Å²) in [5.41, 5.74) is 2.40. The van der Waals surface area contributed by atoms with Gasteiger partial charge in [-0.25, -0.2) is 0 Å². The SMILES string of the molecule is CCOc1cccc(N)n1.O=[N+]([O-])c1cc([N+](=O)[O-])c(O)c([N+](=O)[O-])c1. The van der Waals surface area contributed by atoms with Crippen LogP contribution in [0.4, 0.5) is 22.9 Å². The lowest BCUT2D eigenvalue weighted by molar-refractivity contribution is -0.404. The van der Waals surface area contributed by atoms with Gasteiger partial charge in [0, 0.05) is 6.07 Å². The van der Waals surface area contributed by atoms with Crippen LogP contribution >= 0.6 is 0 Å². The van der Waals surface area contributed by atoms with Crippen molar-refractivity contribution in [1.29, 1.82) is 0 Å². The van der Waals surface area contributed by atoms with Crippen LogP contribution in [0.1, 0.15) is 6.92 Å².